The monoisotopic (exact) mass is 567 g/mol. The molecule has 5 aliphatic rings. The van der Waals surface area contributed by atoms with Crippen molar-refractivity contribution in [3.63, 3.8) is 0 Å². The van der Waals surface area contributed by atoms with Crippen LogP contribution >= 0.6 is 0 Å². The lowest BCUT2D eigenvalue weighted by molar-refractivity contribution is -0.213. The van der Waals surface area contributed by atoms with Gasteiger partial charge in [-0.3, -0.25) is 4.90 Å². The molecule has 9 rings (SSSR count). The Labute approximate surface area is 244 Å². The van der Waals surface area contributed by atoms with Gasteiger partial charge in [-0.2, -0.15) is 0 Å². The van der Waals surface area contributed by atoms with Crippen molar-refractivity contribution >= 4 is 11.0 Å². The van der Waals surface area contributed by atoms with Crippen molar-refractivity contribution in [1.29, 1.82) is 0 Å². The molecule has 4 aromatic rings. The van der Waals surface area contributed by atoms with E-state index in [2.05, 4.69) is 23.1 Å². The van der Waals surface area contributed by atoms with Crippen molar-refractivity contribution < 1.29 is 27.8 Å². The van der Waals surface area contributed by atoms with Crippen LogP contribution in [0.4, 0.5) is 4.39 Å². The Balaban J connectivity index is 1.29. The number of benzene rings is 3. The Kier molecular flexibility index (Phi) is 5.42. The summed E-state index contributed by atoms with van der Waals surface area (Å²) in [5.74, 6) is 2.85. The molecule has 3 heterocycles. The summed E-state index contributed by atoms with van der Waals surface area (Å²) in [5.41, 5.74) is 3.91. The van der Waals surface area contributed by atoms with E-state index in [1.54, 1.807) is 13.2 Å². The molecule has 6 nitrogen and oxygen atoms in total. The number of methoxy groups -OCH3 is 1. The largest absolute Gasteiger partial charge is 0.477 e. The summed E-state index contributed by atoms with van der Waals surface area (Å²) in [6.45, 7) is 2.37. The van der Waals surface area contributed by atoms with Crippen molar-refractivity contribution in [2.75, 3.05) is 27.0 Å². The molecule has 7 heteroatoms. The Morgan fingerprint density at radius 3 is 2.76 bits per heavy atom. The van der Waals surface area contributed by atoms with Gasteiger partial charge in [0.1, 0.15) is 22.8 Å². The van der Waals surface area contributed by atoms with Crippen LogP contribution in [-0.2, 0) is 34.3 Å². The summed E-state index contributed by atoms with van der Waals surface area (Å²) in [5, 5.41) is 1.10. The standard InChI is InChI=1S/C35H34FNO5/c1-38-20-39-28-13-12-22-16-29-35(40-19-23-6-2-4-8-26(23)36)17-25-24-7-3-5-9-27(24)41-31(25)33-34(35,30(22)32(28)42-33)14-15-37(29)18-21-10-11-21/h2-9,12-13,21,29,33H,10-11,14-20H2,1H3/t29-,33+,34+,35-/m1/s1. The summed E-state index contributed by atoms with van der Waals surface area (Å²) in [4.78, 5) is 2.69. The fraction of sp³-hybridized carbons (Fsp3) is 0.429. The van der Waals surface area contributed by atoms with Gasteiger partial charge >= 0.3 is 0 Å². The molecule has 2 fully saturated rings. The van der Waals surface area contributed by atoms with Gasteiger partial charge in [0, 0.05) is 48.2 Å². The quantitative estimate of drug-likeness (QED) is 0.227. The minimum Gasteiger partial charge on any atom is -0.477 e. The first-order valence-electron chi connectivity index (χ1n) is 15.2. The molecule has 0 unspecified atom stereocenters. The molecular formula is C35H34FNO5. The van der Waals surface area contributed by atoms with E-state index < -0.39 is 11.0 Å². The van der Waals surface area contributed by atoms with E-state index in [1.807, 2.05) is 30.3 Å². The molecule has 1 aromatic heterocycles. The number of rotatable bonds is 8. The van der Waals surface area contributed by atoms with Crippen LogP contribution in [0.1, 0.15) is 53.4 Å². The zero-order chi connectivity index (χ0) is 28.1. The molecule has 216 valence electrons. The van der Waals surface area contributed by atoms with E-state index in [-0.39, 0.29) is 31.4 Å². The van der Waals surface area contributed by atoms with Gasteiger partial charge in [0.05, 0.1) is 12.0 Å². The predicted octanol–water partition coefficient (Wildman–Crippen LogP) is 6.48. The van der Waals surface area contributed by atoms with Gasteiger partial charge in [0.2, 0.25) is 0 Å². The van der Waals surface area contributed by atoms with Crippen LogP contribution in [0.5, 0.6) is 11.5 Å². The zero-order valence-corrected chi connectivity index (χ0v) is 23.7. The number of para-hydroxylation sites is 1. The third-order valence-corrected chi connectivity index (χ3v) is 10.7. The second kappa shape index (κ2) is 9.06. The summed E-state index contributed by atoms with van der Waals surface area (Å²) < 4.78 is 47.4. The molecule has 1 saturated carbocycles. The normalized spacial score (nSPS) is 28.8. The highest BCUT2D eigenvalue weighted by atomic mass is 19.1. The number of likely N-dealkylation sites (tertiary alicyclic amines) is 1. The van der Waals surface area contributed by atoms with Crippen molar-refractivity contribution in [2.24, 2.45) is 5.92 Å². The SMILES string of the molecule is COCOc1ccc2c3c1O[C@H]1c4oc5ccccc5c4C[C@@]4(OCc5ccccc5F)[C@@H](C2)N(CC2CC2)CC[C@]314. The topological polar surface area (TPSA) is 53.3 Å². The molecule has 1 saturated heterocycles. The van der Waals surface area contributed by atoms with Crippen LogP contribution in [-0.4, -0.2) is 43.5 Å². The van der Waals surface area contributed by atoms with E-state index in [0.717, 1.165) is 59.9 Å². The molecule has 1 spiro atoms. The smallest absolute Gasteiger partial charge is 0.188 e. The van der Waals surface area contributed by atoms with Gasteiger partial charge in [-0.1, -0.05) is 42.5 Å². The van der Waals surface area contributed by atoms with Crippen LogP contribution in [0.15, 0.2) is 65.1 Å². The molecule has 0 amide bonds. The van der Waals surface area contributed by atoms with Gasteiger partial charge in [0.15, 0.2) is 24.4 Å². The minimum absolute atomic E-state index is 0.121. The molecule has 4 atom stereocenters. The second-order valence-electron chi connectivity index (χ2n) is 12.7. The van der Waals surface area contributed by atoms with Crippen molar-refractivity contribution in [3.05, 3.63) is 94.5 Å². The van der Waals surface area contributed by atoms with E-state index in [1.165, 1.54) is 30.0 Å². The first-order chi connectivity index (χ1) is 20.6. The lowest BCUT2D eigenvalue weighted by Crippen LogP contribution is -2.75. The predicted molar refractivity (Wildman–Crippen MR) is 154 cm³/mol. The number of fused-ring (bicyclic) bond motifs is 4. The molecule has 3 aliphatic carbocycles. The van der Waals surface area contributed by atoms with Gasteiger partial charge in [0.25, 0.3) is 0 Å². The van der Waals surface area contributed by atoms with E-state index in [0.29, 0.717) is 17.7 Å². The number of nitrogens with zero attached hydrogens (tertiary/aromatic N) is 1. The first kappa shape index (κ1) is 25.1. The molecule has 2 aliphatic heterocycles. The second-order valence-corrected chi connectivity index (χ2v) is 12.7. The van der Waals surface area contributed by atoms with Crippen LogP contribution in [0, 0.1) is 11.7 Å². The summed E-state index contributed by atoms with van der Waals surface area (Å²) in [6.07, 6.45) is 4.60. The Morgan fingerprint density at radius 2 is 1.90 bits per heavy atom. The fourth-order valence-electron chi connectivity index (χ4n) is 8.71. The molecule has 2 bridgehead atoms. The molecule has 0 N–H and O–H groups in total. The van der Waals surface area contributed by atoms with Crippen LogP contribution < -0.4 is 9.47 Å². The summed E-state index contributed by atoms with van der Waals surface area (Å²) >= 11 is 0. The maximum Gasteiger partial charge on any atom is 0.188 e. The maximum absolute atomic E-state index is 15.0. The first-order valence-corrected chi connectivity index (χ1v) is 15.2. The van der Waals surface area contributed by atoms with E-state index in [4.69, 9.17) is 23.4 Å². The number of furan rings is 1. The lowest BCUT2D eigenvalue weighted by atomic mass is 9.49. The number of hydrogen-bond acceptors (Lipinski definition) is 6. The van der Waals surface area contributed by atoms with Crippen molar-refractivity contribution in [1.82, 2.24) is 4.90 Å². The van der Waals surface area contributed by atoms with Crippen LogP contribution in [0.3, 0.4) is 0 Å². The average Bonchev–Trinajstić information content (AvgIpc) is 3.65. The highest BCUT2D eigenvalue weighted by Gasteiger charge is 2.74. The molecule has 0 radical (unpaired) electrons. The van der Waals surface area contributed by atoms with Crippen molar-refractivity contribution in [2.45, 2.75) is 61.9 Å². The third kappa shape index (κ3) is 3.30. The Hall–Kier alpha value is -3.39. The van der Waals surface area contributed by atoms with Crippen LogP contribution in [0.2, 0.25) is 0 Å². The van der Waals surface area contributed by atoms with Crippen molar-refractivity contribution in [3.8, 4) is 11.5 Å². The van der Waals surface area contributed by atoms with Crippen LogP contribution in [0.25, 0.3) is 11.0 Å². The van der Waals surface area contributed by atoms with Gasteiger partial charge in [-0.15, -0.1) is 0 Å². The van der Waals surface area contributed by atoms with E-state index >= 15 is 4.39 Å². The van der Waals surface area contributed by atoms with Gasteiger partial charge in [-0.05, 0) is 61.9 Å². The number of piperidine rings is 1. The minimum atomic E-state index is -0.648. The Bertz CT molecular complexity index is 1710. The molecule has 3 aromatic carbocycles. The zero-order valence-electron chi connectivity index (χ0n) is 23.7. The molecular weight excluding hydrogens is 533 g/mol. The number of ether oxygens (including phenoxy) is 4. The summed E-state index contributed by atoms with van der Waals surface area (Å²) in [7, 11) is 1.62. The average molecular weight is 568 g/mol. The third-order valence-electron chi connectivity index (χ3n) is 10.7. The lowest BCUT2D eigenvalue weighted by Gasteiger charge is -2.64. The number of halogens is 1. The maximum atomic E-state index is 15.0. The fourth-order valence-corrected chi connectivity index (χ4v) is 8.71. The highest BCUT2D eigenvalue weighted by molar-refractivity contribution is 5.84. The van der Waals surface area contributed by atoms with E-state index in [9.17, 15) is 0 Å². The Morgan fingerprint density at radius 1 is 1.05 bits per heavy atom. The summed E-state index contributed by atoms with van der Waals surface area (Å²) in [6, 6.07) is 19.6. The van der Waals surface area contributed by atoms with Gasteiger partial charge < -0.3 is 23.4 Å². The van der Waals surface area contributed by atoms with Gasteiger partial charge in [-0.25, -0.2) is 4.39 Å². The highest BCUT2D eigenvalue weighted by Crippen LogP contribution is 2.70. The molecule has 42 heavy (non-hydrogen) atoms. The number of hydrogen-bond donors (Lipinski definition) is 0.